The summed E-state index contributed by atoms with van der Waals surface area (Å²) in [7, 11) is -2.47. The fourth-order valence-electron chi connectivity index (χ4n) is 7.07. The second kappa shape index (κ2) is 21.5. The van der Waals surface area contributed by atoms with Crippen molar-refractivity contribution in [3.05, 3.63) is 102 Å². The zero-order valence-electron chi connectivity index (χ0n) is 37.5. The lowest BCUT2D eigenvalue weighted by molar-refractivity contribution is -0.142. The van der Waals surface area contributed by atoms with Gasteiger partial charge in [0.25, 0.3) is 15.9 Å². The van der Waals surface area contributed by atoms with Gasteiger partial charge in [-0.3, -0.25) is 24.2 Å². The summed E-state index contributed by atoms with van der Waals surface area (Å²) in [5.74, 6) is -4.10. The number of aliphatic imine (C=N–C) groups is 1. The standard InChI is InChI=1S/C45H56N10O10S/c1-27(39(57)50-25-37(46)56)51-40(58)36(23-30-24-49-33-19-12-10-17-31(30)33)55(44(61)65-45(3,4)5)41(59)34(52-43(60)64-26-29-15-8-7-9-16-29)20-14-22-48-42(47)53-66(62,63)38-28(2)54(6)35-21-13-11-18-32(35)38/h7-13,15-19,21,24,27,34,36,49H,14,20,22-23,25-26H2,1-6H3,(H2,46,56)(H,50,57)(H,51,58)(H,52,60)(H3,47,48,53)/t27-,34-,36-/m0/s1. The first-order chi connectivity index (χ1) is 31.2. The van der Waals surface area contributed by atoms with Crippen molar-refractivity contribution in [2.75, 3.05) is 13.1 Å². The summed E-state index contributed by atoms with van der Waals surface area (Å²) in [6.45, 7) is 6.81. The second-order valence-electron chi connectivity index (χ2n) is 16.4. The van der Waals surface area contributed by atoms with Crippen LogP contribution in [-0.2, 0) is 58.8 Å². The number of amides is 6. The third-order valence-corrected chi connectivity index (χ3v) is 11.8. The molecule has 0 spiro atoms. The highest BCUT2D eigenvalue weighted by Crippen LogP contribution is 2.29. The van der Waals surface area contributed by atoms with Crippen LogP contribution in [-0.4, -0.2) is 101 Å². The van der Waals surface area contributed by atoms with Gasteiger partial charge in [0.1, 0.15) is 35.2 Å². The van der Waals surface area contributed by atoms with Crippen LogP contribution in [0.2, 0.25) is 0 Å². The number of aromatic nitrogens is 2. The van der Waals surface area contributed by atoms with Crippen LogP contribution in [0.15, 0.2) is 94.9 Å². The van der Waals surface area contributed by atoms with Crippen LogP contribution >= 0.6 is 0 Å². The molecule has 21 heteroatoms. The lowest BCUT2D eigenvalue weighted by Crippen LogP contribution is -2.61. The molecule has 2 aromatic heterocycles. The summed E-state index contributed by atoms with van der Waals surface area (Å²) in [4.78, 5) is 89.4. The lowest BCUT2D eigenvalue weighted by atomic mass is 10.0. The Morgan fingerprint density at radius 2 is 1.55 bits per heavy atom. The van der Waals surface area contributed by atoms with Crippen LogP contribution in [0.3, 0.4) is 0 Å². The first-order valence-electron chi connectivity index (χ1n) is 21.0. The number of hydrogen-bond donors (Lipinski definition) is 7. The van der Waals surface area contributed by atoms with E-state index < -0.39 is 82.1 Å². The number of guanidine groups is 1. The van der Waals surface area contributed by atoms with E-state index in [0.29, 0.717) is 43.5 Å². The van der Waals surface area contributed by atoms with Gasteiger partial charge in [-0.15, -0.1) is 0 Å². The van der Waals surface area contributed by atoms with Gasteiger partial charge in [-0.05, 0) is 70.7 Å². The number of H-pyrrole nitrogens is 1. The van der Waals surface area contributed by atoms with E-state index in [9.17, 15) is 32.4 Å². The number of nitrogens with one attached hydrogen (secondary N) is 5. The number of para-hydroxylation sites is 2. The molecular formula is C45H56N10O10S. The predicted molar refractivity (Wildman–Crippen MR) is 246 cm³/mol. The van der Waals surface area contributed by atoms with Crippen molar-refractivity contribution in [2.45, 2.75) is 89.1 Å². The number of nitrogens with two attached hydrogens (primary N) is 2. The molecule has 0 fully saturated rings. The van der Waals surface area contributed by atoms with Crippen molar-refractivity contribution in [3.8, 4) is 0 Å². The summed E-state index contributed by atoms with van der Waals surface area (Å²) in [6.07, 6.45) is -1.23. The van der Waals surface area contributed by atoms with Crippen molar-refractivity contribution in [1.29, 1.82) is 0 Å². The number of aromatic amines is 1. The number of hydrogen-bond acceptors (Lipinski definition) is 11. The number of rotatable bonds is 18. The maximum Gasteiger partial charge on any atom is 0.417 e. The van der Waals surface area contributed by atoms with Gasteiger partial charge in [-0.2, -0.15) is 0 Å². The number of fused-ring (bicyclic) bond motifs is 2. The minimum atomic E-state index is -4.22. The summed E-state index contributed by atoms with van der Waals surface area (Å²) in [6, 6.07) is 18.3. The van der Waals surface area contributed by atoms with E-state index in [4.69, 9.17) is 20.9 Å². The summed E-state index contributed by atoms with van der Waals surface area (Å²) in [5.41, 5.74) is 13.1. The van der Waals surface area contributed by atoms with Crippen LogP contribution in [0.25, 0.3) is 21.8 Å². The molecule has 0 radical (unpaired) electrons. The SMILES string of the molecule is Cc1c(S(=O)(=O)NC(N)=NCCC[C@H](NC(=O)OCc2ccccc2)C(=O)N(C(=O)OC(C)(C)C)[C@@H](Cc2c[nH]c3ccccc23)C(=O)N[C@@H](C)C(=O)NCC(N)=O)c2ccccc2n1C. The number of aryl methyl sites for hydroxylation is 1. The Kier molecular flexibility index (Phi) is 16.2. The highest BCUT2D eigenvalue weighted by molar-refractivity contribution is 7.90. The van der Waals surface area contributed by atoms with E-state index in [1.165, 1.54) is 6.92 Å². The molecule has 0 aliphatic rings. The number of imide groups is 1. The highest BCUT2D eigenvalue weighted by atomic mass is 32.2. The van der Waals surface area contributed by atoms with Crippen molar-refractivity contribution < 1.29 is 46.7 Å². The van der Waals surface area contributed by atoms with Gasteiger partial charge in [0, 0.05) is 53.7 Å². The average Bonchev–Trinajstić information content (AvgIpc) is 3.79. The molecule has 5 rings (SSSR count). The first-order valence-corrected chi connectivity index (χ1v) is 22.5. The zero-order chi connectivity index (χ0) is 48.3. The number of benzene rings is 3. The maximum absolute atomic E-state index is 15.0. The molecule has 0 saturated carbocycles. The molecular weight excluding hydrogens is 873 g/mol. The molecule has 20 nitrogen and oxygen atoms in total. The first kappa shape index (κ1) is 49.6. The normalized spacial score (nSPS) is 13.3. The Labute approximate surface area is 381 Å². The van der Waals surface area contributed by atoms with E-state index in [-0.39, 0.29) is 37.3 Å². The third-order valence-electron chi connectivity index (χ3n) is 10.3. The molecule has 3 atom stereocenters. The molecule has 2 heterocycles. The largest absolute Gasteiger partial charge is 0.445 e. The Bertz CT molecular complexity index is 2730. The Hall–Kier alpha value is -7.42. The Morgan fingerprint density at radius 3 is 2.23 bits per heavy atom. The fraction of sp³-hybridized carbons (Fsp3) is 0.356. The molecule has 66 heavy (non-hydrogen) atoms. The van der Waals surface area contributed by atoms with E-state index >= 15 is 4.79 Å². The van der Waals surface area contributed by atoms with Crippen LogP contribution in [0, 0.1) is 6.92 Å². The van der Waals surface area contributed by atoms with Gasteiger partial charge in [0.15, 0.2) is 0 Å². The lowest BCUT2D eigenvalue weighted by Gasteiger charge is -2.34. The third kappa shape index (κ3) is 12.9. The minimum Gasteiger partial charge on any atom is -0.445 e. The molecule has 3 aromatic carbocycles. The molecule has 0 unspecified atom stereocenters. The predicted octanol–water partition coefficient (Wildman–Crippen LogP) is 3.12. The number of nitrogens with zero attached hydrogens (tertiary/aromatic N) is 3. The maximum atomic E-state index is 15.0. The Morgan fingerprint density at radius 1 is 0.894 bits per heavy atom. The highest BCUT2D eigenvalue weighted by Gasteiger charge is 2.42. The fourth-order valence-corrected chi connectivity index (χ4v) is 8.50. The smallest absolute Gasteiger partial charge is 0.417 e. The van der Waals surface area contributed by atoms with Crippen LogP contribution in [0.1, 0.15) is 57.4 Å². The second-order valence-corrected chi connectivity index (χ2v) is 18.1. The summed E-state index contributed by atoms with van der Waals surface area (Å²) >= 11 is 0. The van der Waals surface area contributed by atoms with E-state index in [1.807, 2.05) is 0 Å². The number of carbonyl (C=O) groups excluding carboxylic acids is 6. The van der Waals surface area contributed by atoms with Crippen LogP contribution < -0.4 is 32.1 Å². The van der Waals surface area contributed by atoms with Gasteiger partial charge in [0.05, 0.1) is 6.54 Å². The van der Waals surface area contributed by atoms with E-state index in [0.717, 1.165) is 0 Å². The monoisotopic (exact) mass is 928 g/mol. The zero-order valence-corrected chi connectivity index (χ0v) is 38.4. The number of alkyl carbamates (subject to hydrolysis) is 1. The molecule has 0 aliphatic carbocycles. The van der Waals surface area contributed by atoms with Crippen molar-refractivity contribution in [1.82, 2.24) is 35.1 Å². The number of sulfonamides is 1. The van der Waals surface area contributed by atoms with Gasteiger partial charge < -0.3 is 46.4 Å². The molecule has 9 N–H and O–H groups in total. The summed E-state index contributed by atoms with van der Waals surface area (Å²) < 4.78 is 42.4. The van der Waals surface area contributed by atoms with E-state index in [2.05, 4.69) is 30.6 Å². The topological polar surface area (TPSA) is 292 Å². The van der Waals surface area contributed by atoms with Crippen LogP contribution in [0.5, 0.6) is 0 Å². The number of carbonyl (C=O) groups is 6. The minimum absolute atomic E-state index is 0.0242. The van der Waals surface area contributed by atoms with Crippen molar-refractivity contribution >= 4 is 73.6 Å². The van der Waals surface area contributed by atoms with E-state index in [1.54, 1.807) is 124 Å². The molecule has 0 aliphatic heterocycles. The average molecular weight is 929 g/mol. The quantitative estimate of drug-likeness (QED) is 0.0381. The van der Waals surface area contributed by atoms with Gasteiger partial charge >= 0.3 is 12.2 Å². The van der Waals surface area contributed by atoms with Crippen molar-refractivity contribution in [3.63, 3.8) is 0 Å². The van der Waals surface area contributed by atoms with Crippen LogP contribution in [0.4, 0.5) is 9.59 Å². The molecule has 352 valence electrons. The molecule has 0 saturated heterocycles. The Balaban J connectivity index is 1.47. The van der Waals surface area contributed by atoms with Gasteiger partial charge in [0.2, 0.25) is 23.7 Å². The van der Waals surface area contributed by atoms with Gasteiger partial charge in [-0.1, -0.05) is 66.7 Å². The van der Waals surface area contributed by atoms with Crippen molar-refractivity contribution in [2.24, 2.45) is 23.5 Å². The number of primary amides is 1. The molecule has 0 bridgehead atoms. The molecule has 5 aromatic rings. The number of ether oxygens (including phenoxy) is 2. The summed E-state index contributed by atoms with van der Waals surface area (Å²) in [5, 5.41) is 8.51. The molecule has 6 amide bonds. The van der Waals surface area contributed by atoms with Gasteiger partial charge in [-0.25, -0.2) is 27.6 Å².